The van der Waals surface area contributed by atoms with E-state index in [0.29, 0.717) is 49.6 Å². The first-order valence-corrected chi connectivity index (χ1v) is 47.0. The molecule has 7 heterocycles. The van der Waals surface area contributed by atoms with Crippen molar-refractivity contribution in [3.8, 4) is 0 Å². The molecular weight excluding hydrogens is 1770 g/mol. The first-order chi connectivity index (χ1) is 65.0. The number of nitrogens with two attached hydrogens (primary N) is 2. The molecule has 0 spiro atoms. The van der Waals surface area contributed by atoms with Crippen molar-refractivity contribution in [2.75, 3.05) is 38.2 Å². The van der Waals surface area contributed by atoms with E-state index in [1.54, 1.807) is 134 Å². The van der Waals surface area contributed by atoms with Crippen molar-refractivity contribution in [3.05, 3.63) is 216 Å². The number of hydrogen-bond donors (Lipinski definition) is 23. The molecule has 9 aromatic rings. The Morgan fingerprint density at radius 2 is 0.830 bits per heavy atom. The summed E-state index contributed by atoms with van der Waals surface area (Å²) in [5, 5.41) is 67.5. The van der Waals surface area contributed by atoms with E-state index in [9.17, 15) is 5.11 Å². The number of guanidine groups is 2. The fraction of sp³-hybridized carbons (Fsp3) is 0.391. The normalized spacial score (nSPS) is 24.0. The van der Waals surface area contributed by atoms with Crippen LogP contribution in [0.25, 0.3) is 21.8 Å². The summed E-state index contributed by atoms with van der Waals surface area (Å²) < 4.78 is 0. The van der Waals surface area contributed by atoms with Gasteiger partial charge in [-0.25, -0.2) is 9.97 Å². The van der Waals surface area contributed by atoms with Gasteiger partial charge in [0.25, 0.3) is 0 Å². The molecule has 25 N–H and O–H groups in total. The molecule has 12 rings (SSSR count). The van der Waals surface area contributed by atoms with Gasteiger partial charge in [-0.3, -0.25) is 77.9 Å². The number of H-pyrrole nitrogens is 4. The molecule has 0 aliphatic carbocycles. The molecule has 0 unspecified atom stereocenters. The fourth-order valence-corrected chi connectivity index (χ4v) is 18.7. The van der Waals surface area contributed by atoms with Crippen LogP contribution in [0.3, 0.4) is 0 Å². The summed E-state index contributed by atoms with van der Waals surface area (Å²) in [5.74, 6) is -15.2. The Balaban J connectivity index is 0.972. The highest BCUT2D eigenvalue weighted by Crippen LogP contribution is 2.28. The third-order valence-corrected chi connectivity index (χ3v) is 26.0. The van der Waals surface area contributed by atoms with Crippen LogP contribution in [0.5, 0.6) is 0 Å². The molecule has 41 nitrogen and oxygen atoms in total. The van der Waals surface area contributed by atoms with E-state index in [-0.39, 0.29) is 108 Å². The third-order valence-electron chi connectivity index (χ3n) is 23.6. The van der Waals surface area contributed by atoms with Gasteiger partial charge in [0.2, 0.25) is 82.7 Å². The summed E-state index contributed by atoms with van der Waals surface area (Å²) in [5.41, 5.74) is 15.8. The number of rotatable bonds is 23. The first kappa shape index (κ1) is 99.4. The number of imidazole rings is 2. The Labute approximate surface area is 784 Å². The van der Waals surface area contributed by atoms with Gasteiger partial charge in [-0.2, -0.15) is 0 Å². The number of benzene rings is 5. The lowest BCUT2D eigenvalue weighted by Crippen LogP contribution is -2.63. The molecule has 135 heavy (non-hydrogen) atoms. The van der Waals surface area contributed by atoms with Crippen molar-refractivity contribution in [2.24, 2.45) is 11.5 Å². The number of carbonyl (C=O) groups excluding carboxylic acids is 14. The van der Waals surface area contributed by atoms with Crippen LogP contribution in [-0.2, 0) is 112 Å². The maximum absolute atomic E-state index is 16.0. The zero-order valence-corrected chi connectivity index (χ0v) is 76.2. The molecule has 3 saturated heterocycles. The third kappa shape index (κ3) is 28.0. The number of carbonyl (C=O) groups is 14. The molecule has 3 aliphatic heterocycles. The van der Waals surface area contributed by atoms with Gasteiger partial charge in [0.15, 0.2) is 11.9 Å². The highest BCUT2D eigenvalue weighted by Gasteiger charge is 2.44. The van der Waals surface area contributed by atoms with E-state index in [0.717, 1.165) is 33.4 Å². The van der Waals surface area contributed by atoms with Crippen molar-refractivity contribution in [1.29, 1.82) is 10.8 Å². The molecule has 0 radical (unpaired) electrons. The Morgan fingerprint density at radius 3 is 1.33 bits per heavy atom. The molecule has 4 aromatic heterocycles. The lowest BCUT2D eigenvalue weighted by Gasteiger charge is -2.34. The summed E-state index contributed by atoms with van der Waals surface area (Å²) >= 11 is 0. The monoisotopic (exact) mass is 1890 g/mol. The molecule has 0 saturated carbocycles. The predicted molar refractivity (Wildman–Crippen MR) is 504 cm³/mol. The van der Waals surface area contributed by atoms with E-state index in [1.807, 2.05) is 18.2 Å². The standard InChI is InChI=1S/C92H114N26O15S2/c1-51-77(120)114-73-48-135-134-47-72(84(127)109-68(41-58-45-97-49-103-58)82(125)107-65(36-53-20-7-4-8-21-53)80(123)106-64(30-17-33-99-91(93)94)78(121)108-67(79(122)105-51)39-56-43-101-62-28-15-13-26-60(56)62)115-81(124)66(37-54-22-9-5-10-23-54)110-87(130)75-32-19-35-118(75)90(133)71(40-57-44-102-63-29-16-14-27-61(57)63)113-86(129)74(31-18-34-100-92(95)96)117(3)89(132)70(38-55-24-11-6-12-25-55)112-83(126)69(42-59-46-98-50-104-59)111-88(131)76(52(2)119)116-85(73)128/h4-16,20-29,43-46,49-52,64-76,101-102,119H,17-19,30-42,47-48H2,1-3H3,(H,97,103)(H,98,104)(H,105,122)(H,106,123)(H,107,125)(H,108,121)(H,109,127)(H,110,130)(H,111,131)(H,112,126)(H,113,129)(H,114,120)(H,115,124)(H,116,128)(H4,93,94,99)(H4,95,96,100)/t51-,52+,64-,65+,66-,67-,68-,69-,70+,71-,72-,73-,74-,75-,76-/m0/s1. The summed E-state index contributed by atoms with van der Waals surface area (Å²) in [6.45, 7) is 2.44. The number of likely N-dealkylation sites (N-methyl/N-ethyl adjacent to an activating group) is 1. The molecule has 15 atom stereocenters. The molecule has 2 bridgehead atoms. The average molecular weight is 1890 g/mol. The van der Waals surface area contributed by atoms with Crippen LogP contribution in [0.4, 0.5) is 0 Å². The van der Waals surface area contributed by atoms with Gasteiger partial charge in [-0.05, 0) is 92.3 Å². The second kappa shape index (κ2) is 48.2. The summed E-state index contributed by atoms with van der Waals surface area (Å²) in [6, 6.07) is 17.3. The number of nitrogens with one attached hydrogen (secondary N) is 20. The minimum atomic E-state index is -2.00. The quantitative estimate of drug-likeness (QED) is 0.0159. The minimum Gasteiger partial charge on any atom is -0.391 e. The van der Waals surface area contributed by atoms with E-state index in [4.69, 9.17) is 22.3 Å². The van der Waals surface area contributed by atoms with Gasteiger partial charge < -0.3 is 121 Å². The second-order valence-electron chi connectivity index (χ2n) is 33.5. The SMILES string of the molecule is C[C@@H]1NC(=O)[C@H](Cc2c[nH]c3ccccc23)NC(=O)[C@H](CCCNC(=N)N)NC(=O)[C@@H](Cc2ccccc2)NC(=O)[C@H](Cc2c[nH]cn2)NC(=O)[C@@H]2CSSC[C@H](NC1=O)C(=O)N[C@@H]([C@@H](C)O)C(=O)N[C@@H](Cc1c[nH]cn1)C(=O)N[C@H](Cc1ccccc1)C(=O)N(C)[C@@H](CCCNC(=N)N)C(=O)N[C@@H](Cc1c[nH]c3ccccc13)C(=O)N1CCC[C@H]1C(=O)N[C@@H](Cc1ccccc1)C(=O)N2. The van der Waals surface area contributed by atoms with Gasteiger partial charge in [0.1, 0.15) is 84.6 Å². The van der Waals surface area contributed by atoms with E-state index < -0.39 is 203 Å². The number of aromatic nitrogens is 6. The Morgan fingerprint density at radius 1 is 0.437 bits per heavy atom. The number of aromatic amines is 4. The van der Waals surface area contributed by atoms with Gasteiger partial charge in [0.05, 0.1) is 30.1 Å². The molecular formula is C92H114N26O15S2. The van der Waals surface area contributed by atoms with Crippen molar-refractivity contribution < 1.29 is 72.2 Å². The molecule has 3 fully saturated rings. The highest BCUT2D eigenvalue weighted by atomic mass is 33.1. The first-order valence-electron chi connectivity index (χ1n) is 44.5. The molecule has 3 aliphatic rings. The Hall–Kier alpha value is -14.6. The van der Waals surface area contributed by atoms with Crippen LogP contribution in [0, 0.1) is 10.8 Å². The van der Waals surface area contributed by atoms with Gasteiger partial charge in [-0.15, -0.1) is 0 Å². The summed E-state index contributed by atoms with van der Waals surface area (Å²) in [6.07, 6.45) is 5.19. The molecule has 43 heteroatoms. The van der Waals surface area contributed by atoms with Gasteiger partial charge in [0, 0.05) is 130 Å². The number of aliphatic hydroxyl groups is 1. The lowest BCUT2D eigenvalue weighted by molar-refractivity contribution is -0.145. The number of nitrogens with zero attached hydrogens (tertiary/aromatic N) is 4. The van der Waals surface area contributed by atoms with Crippen LogP contribution < -0.4 is 85.9 Å². The van der Waals surface area contributed by atoms with Crippen molar-refractivity contribution in [1.82, 2.24) is 114 Å². The van der Waals surface area contributed by atoms with Crippen molar-refractivity contribution in [3.63, 3.8) is 0 Å². The maximum Gasteiger partial charge on any atom is 0.246 e. The average Bonchev–Trinajstić information content (AvgIpc) is 1.68. The maximum atomic E-state index is 16.0. The molecule has 14 amide bonds. The van der Waals surface area contributed by atoms with Crippen LogP contribution in [0.1, 0.15) is 91.6 Å². The smallest absolute Gasteiger partial charge is 0.246 e. The van der Waals surface area contributed by atoms with Crippen LogP contribution >= 0.6 is 21.6 Å². The Bertz CT molecular complexity index is 5660. The molecule has 5 aromatic carbocycles. The highest BCUT2D eigenvalue weighted by molar-refractivity contribution is 8.76. The van der Waals surface area contributed by atoms with Gasteiger partial charge in [-0.1, -0.05) is 149 Å². The lowest BCUT2D eigenvalue weighted by atomic mass is 10.00. The van der Waals surface area contributed by atoms with Crippen LogP contribution in [0.15, 0.2) is 177 Å². The summed E-state index contributed by atoms with van der Waals surface area (Å²) in [7, 11) is 3.02. The predicted octanol–water partition coefficient (Wildman–Crippen LogP) is -0.934. The van der Waals surface area contributed by atoms with E-state index >= 15 is 67.1 Å². The van der Waals surface area contributed by atoms with Gasteiger partial charge >= 0.3 is 0 Å². The zero-order valence-electron chi connectivity index (χ0n) is 74.6. The van der Waals surface area contributed by atoms with Crippen LogP contribution in [-0.4, -0.2) is 268 Å². The second-order valence-corrected chi connectivity index (χ2v) is 36.0. The largest absolute Gasteiger partial charge is 0.391 e. The minimum absolute atomic E-state index is 0.0159. The van der Waals surface area contributed by atoms with Crippen molar-refractivity contribution >= 4 is 138 Å². The molecule has 714 valence electrons. The Kier molecular flexibility index (Phi) is 35.5. The van der Waals surface area contributed by atoms with E-state index in [2.05, 4.69) is 104 Å². The van der Waals surface area contributed by atoms with Crippen molar-refractivity contribution in [2.45, 2.75) is 188 Å². The number of para-hydroxylation sites is 2. The van der Waals surface area contributed by atoms with Crippen LogP contribution in [0.2, 0.25) is 0 Å². The number of aliphatic hydroxyl groups excluding tert-OH is 1. The topological polar surface area (TPSA) is 623 Å². The zero-order chi connectivity index (χ0) is 96.2. The number of fused-ring (bicyclic) bond motifs is 8. The summed E-state index contributed by atoms with van der Waals surface area (Å²) in [4.78, 5) is 241. The van der Waals surface area contributed by atoms with E-state index in [1.165, 1.54) is 43.9 Å². The fourth-order valence-electron chi connectivity index (χ4n) is 16.3. The number of hydrogen-bond acceptors (Lipinski definition) is 21. The number of amides is 14.